The van der Waals surface area contributed by atoms with Gasteiger partial charge in [0.05, 0.1) is 27.0 Å². The summed E-state index contributed by atoms with van der Waals surface area (Å²) in [5.74, 6) is 0.370. The number of nitrogen functional groups attached to an aromatic ring is 1. The van der Waals surface area contributed by atoms with Gasteiger partial charge in [-0.1, -0.05) is 41.4 Å². The summed E-state index contributed by atoms with van der Waals surface area (Å²) in [7, 11) is 0. The Balaban J connectivity index is 2.24. The van der Waals surface area contributed by atoms with E-state index < -0.39 is 0 Å². The maximum absolute atomic E-state index is 6.26. The van der Waals surface area contributed by atoms with Crippen molar-refractivity contribution in [2.45, 2.75) is 0 Å². The van der Waals surface area contributed by atoms with Crippen LogP contribution in [0.2, 0.25) is 10.0 Å². The van der Waals surface area contributed by atoms with Crippen molar-refractivity contribution < 1.29 is 0 Å². The van der Waals surface area contributed by atoms with Crippen LogP contribution >= 0.6 is 23.2 Å². The Bertz CT molecular complexity index is 753. The second-order valence-corrected chi connectivity index (χ2v) is 4.96. The van der Waals surface area contributed by atoms with Crippen molar-refractivity contribution in [3.8, 4) is 22.5 Å². The molecular formula is C14H10Cl2N4. The molecule has 0 aliphatic carbocycles. The van der Waals surface area contributed by atoms with Crippen molar-refractivity contribution in [1.82, 2.24) is 15.2 Å². The van der Waals surface area contributed by atoms with Gasteiger partial charge in [0.1, 0.15) is 0 Å². The number of hydrogen-bond acceptors (Lipinski definition) is 3. The zero-order valence-corrected chi connectivity index (χ0v) is 11.8. The Kier molecular flexibility index (Phi) is 3.34. The third-order valence-corrected chi connectivity index (χ3v) is 3.76. The number of hydrogen-bond donors (Lipinski definition) is 2. The molecule has 0 unspecified atom stereocenters. The number of aromatic amines is 1. The highest BCUT2D eigenvalue weighted by molar-refractivity contribution is 6.43. The first-order valence-electron chi connectivity index (χ1n) is 5.88. The highest BCUT2D eigenvalue weighted by Gasteiger charge is 2.18. The quantitative estimate of drug-likeness (QED) is 0.751. The molecule has 0 aliphatic rings. The average molecular weight is 305 g/mol. The largest absolute Gasteiger partial charge is 0.382 e. The Hall–Kier alpha value is -2.04. The van der Waals surface area contributed by atoms with Gasteiger partial charge in [0, 0.05) is 11.8 Å². The van der Waals surface area contributed by atoms with Crippen LogP contribution in [-0.4, -0.2) is 15.2 Å². The first-order valence-corrected chi connectivity index (χ1v) is 6.63. The van der Waals surface area contributed by atoms with Crippen LogP contribution in [0.25, 0.3) is 22.5 Å². The van der Waals surface area contributed by atoms with Gasteiger partial charge < -0.3 is 5.73 Å². The van der Waals surface area contributed by atoms with Crippen molar-refractivity contribution in [1.29, 1.82) is 0 Å². The number of rotatable bonds is 2. The lowest BCUT2D eigenvalue weighted by Gasteiger charge is -2.06. The van der Waals surface area contributed by atoms with Gasteiger partial charge in [-0.15, -0.1) is 0 Å². The predicted molar refractivity (Wildman–Crippen MR) is 81.7 cm³/mol. The van der Waals surface area contributed by atoms with Crippen molar-refractivity contribution >= 4 is 29.0 Å². The topological polar surface area (TPSA) is 67.6 Å². The Morgan fingerprint density at radius 1 is 1.05 bits per heavy atom. The molecule has 0 atom stereocenters. The molecule has 4 nitrogen and oxygen atoms in total. The van der Waals surface area contributed by atoms with Crippen LogP contribution in [0.4, 0.5) is 5.82 Å². The molecule has 3 aromatic rings. The smallest absolute Gasteiger partial charge is 0.155 e. The fourth-order valence-corrected chi connectivity index (χ4v) is 2.41. The van der Waals surface area contributed by atoms with Crippen molar-refractivity contribution in [2.75, 3.05) is 5.73 Å². The standard InChI is InChI=1S/C14H10Cl2N4/c15-9-5-3-4-8(12(9)16)13-11(14(17)20-19-13)10-6-1-2-7-18-10/h1-7H,(H3,17,19,20). The highest BCUT2D eigenvalue weighted by atomic mass is 35.5. The molecular weight excluding hydrogens is 295 g/mol. The van der Waals surface area contributed by atoms with Crippen molar-refractivity contribution in [3.05, 3.63) is 52.6 Å². The minimum Gasteiger partial charge on any atom is -0.382 e. The van der Waals surface area contributed by atoms with E-state index in [1.54, 1.807) is 12.3 Å². The normalized spacial score (nSPS) is 10.7. The predicted octanol–water partition coefficient (Wildman–Crippen LogP) is 4.03. The number of pyridine rings is 1. The van der Waals surface area contributed by atoms with Gasteiger partial charge in [-0.2, -0.15) is 5.10 Å². The van der Waals surface area contributed by atoms with Gasteiger partial charge in [0.2, 0.25) is 0 Å². The number of anilines is 1. The number of benzene rings is 1. The maximum atomic E-state index is 6.26. The van der Waals surface area contributed by atoms with E-state index in [-0.39, 0.29) is 0 Å². The SMILES string of the molecule is Nc1n[nH]c(-c2cccc(Cl)c2Cl)c1-c1ccccn1. The van der Waals surface area contributed by atoms with Crippen LogP contribution in [0.3, 0.4) is 0 Å². The second-order valence-electron chi connectivity index (χ2n) is 4.18. The number of nitrogens with zero attached hydrogens (tertiary/aromatic N) is 2. The van der Waals surface area contributed by atoms with E-state index >= 15 is 0 Å². The summed E-state index contributed by atoms with van der Waals surface area (Å²) in [5.41, 5.74) is 8.83. The van der Waals surface area contributed by atoms with Crippen LogP contribution in [0.5, 0.6) is 0 Å². The van der Waals surface area contributed by atoms with Gasteiger partial charge in [-0.05, 0) is 18.2 Å². The molecule has 0 saturated heterocycles. The van der Waals surface area contributed by atoms with E-state index in [1.807, 2.05) is 30.3 Å². The molecule has 2 aromatic heterocycles. The molecule has 0 amide bonds. The third kappa shape index (κ3) is 2.13. The summed E-state index contributed by atoms with van der Waals surface area (Å²) in [4.78, 5) is 4.30. The lowest BCUT2D eigenvalue weighted by molar-refractivity contribution is 1.10. The first kappa shape index (κ1) is 13.0. The molecule has 6 heteroatoms. The fourth-order valence-electron chi connectivity index (χ4n) is 2.02. The number of halogens is 2. The van der Waals surface area contributed by atoms with Crippen LogP contribution in [0.1, 0.15) is 0 Å². The highest BCUT2D eigenvalue weighted by Crippen LogP contribution is 2.39. The van der Waals surface area contributed by atoms with Gasteiger partial charge in [0.25, 0.3) is 0 Å². The molecule has 0 aliphatic heterocycles. The number of nitrogens with two attached hydrogens (primary N) is 1. The van der Waals surface area contributed by atoms with Crippen LogP contribution in [0.15, 0.2) is 42.6 Å². The first-order chi connectivity index (χ1) is 9.68. The van der Waals surface area contributed by atoms with Gasteiger partial charge in [-0.25, -0.2) is 0 Å². The summed E-state index contributed by atoms with van der Waals surface area (Å²) in [5, 5.41) is 7.88. The van der Waals surface area contributed by atoms with E-state index in [4.69, 9.17) is 28.9 Å². The van der Waals surface area contributed by atoms with Crippen molar-refractivity contribution in [2.24, 2.45) is 0 Å². The van der Waals surface area contributed by atoms with Crippen LogP contribution in [0, 0.1) is 0 Å². The molecule has 3 N–H and O–H groups in total. The summed E-state index contributed by atoms with van der Waals surface area (Å²) in [6, 6.07) is 11.0. The maximum Gasteiger partial charge on any atom is 0.155 e. The number of nitrogens with one attached hydrogen (secondary N) is 1. The summed E-state index contributed by atoms with van der Waals surface area (Å²) in [6.45, 7) is 0. The van der Waals surface area contributed by atoms with Crippen LogP contribution < -0.4 is 5.73 Å². The molecule has 0 bridgehead atoms. The summed E-state index contributed by atoms with van der Waals surface area (Å²) in [6.07, 6.45) is 1.70. The molecule has 100 valence electrons. The minimum atomic E-state index is 0.370. The molecule has 2 heterocycles. The van der Waals surface area contributed by atoms with E-state index in [0.29, 0.717) is 21.6 Å². The van der Waals surface area contributed by atoms with Crippen LogP contribution in [-0.2, 0) is 0 Å². The zero-order valence-electron chi connectivity index (χ0n) is 10.3. The Morgan fingerprint density at radius 2 is 1.90 bits per heavy atom. The summed E-state index contributed by atoms with van der Waals surface area (Å²) < 4.78 is 0. The second kappa shape index (κ2) is 5.15. The fraction of sp³-hybridized carbons (Fsp3) is 0. The monoisotopic (exact) mass is 304 g/mol. The lowest BCUT2D eigenvalue weighted by Crippen LogP contribution is -1.91. The molecule has 0 spiro atoms. The molecule has 1 aromatic carbocycles. The van der Waals surface area contributed by atoms with Gasteiger partial charge in [0.15, 0.2) is 5.82 Å². The molecule has 3 rings (SSSR count). The molecule has 0 fully saturated rings. The van der Waals surface area contributed by atoms with E-state index in [0.717, 1.165) is 16.8 Å². The zero-order chi connectivity index (χ0) is 14.1. The van der Waals surface area contributed by atoms with E-state index in [9.17, 15) is 0 Å². The Labute approximate surface area is 125 Å². The lowest BCUT2D eigenvalue weighted by atomic mass is 10.0. The Morgan fingerprint density at radius 3 is 2.65 bits per heavy atom. The number of aromatic nitrogens is 3. The number of H-pyrrole nitrogens is 1. The minimum absolute atomic E-state index is 0.370. The van der Waals surface area contributed by atoms with E-state index in [1.165, 1.54) is 0 Å². The molecule has 0 saturated carbocycles. The average Bonchev–Trinajstić information content (AvgIpc) is 2.84. The molecule has 20 heavy (non-hydrogen) atoms. The third-order valence-electron chi connectivity index (χ3n) is 2.94. The molecule has 0 radical (unpaired) electrons. The summed E-state index contributed by atoms with van der Waals surface area (Å²) >= 11 is 12.3. The van der Waals surface area contributed by atoms with Gasteiger partial charge >= 0.3 is 0 Å². The van der Waals surface area contributed by atoms with E-state index in [2.05, 4.69) is 15.2 Å². The van der Waals surface area contributed by atoms with Crippen molar-refractivity contribution in [3.63, 3.8) is 0 Å². The van der Waals surface area contributed by atoms with Gasteiger partial charge in [-0.3, -0.25) is 10.1 Å².